The third kappa shape index (κ3) is 4.58. The number of hydrogen-bond acceptors (Lipinski definition) is 2. The highest BCUT2D eigenvalue weighted by atomic mass is 19.1. The molecule has 0 aromatic heterocycles. The van der Waals surface area contributed by atoms with E-state index in [-0.39, 0.29) is 11.7 Å². The van der Waals surface area contributed by atoms with Crippen molar-refractivity contribution in [2.24, 2.45) is 0 Å². The second-order valence-corrected chi connectivity index (χ2v) is 4.91. The molecule has 0 radical (unpaired) electrons. The third-order valence-corrected chi connectivity index (χ3v) is 3.16. The van der Waals surface area contributed by atoms with Crippen molar-refractivity contribution in [1.82, 2.24) is 5.32 Å². The van der Waals surface area contributed by atoms with Crippen molar-refractivity contribution in [2.75, 3.05) is 18.4 Å². The molecule has 2 rings (SSSR count). The van der Waals surface area contributed by atoms with E-state index in [4.69, 9.17) is 0 Å². The summed E-state index contributed by atoms with van der Waals surface area (Å²) in [5, 5.41) is 5.98. The summed E-state index contributed by atoms with van der Waals surface area (Å²) in [5.41, 5.74) is 2.88. The van der Waals surface area contributed by atoms with Crippen molar-refractivity contribution in [3.63, 3.8) is 0 Å². The lowest BCUT2D eigenvalue weighted by atomic mass is 10.1. The van der Waals surface area contributed by atoms with Crippen molar-refractivity contribution >= 4 is 11.6 Å². The molecule has 2 N–H and O–H groups in total. The summed E-state index contributed by atoms with van der Waals surface area (Å²) >= 11 is 0. The third-order valence-electron chi connectivity index (χ3n) is 3.16. The number of hydrogen-bond donors (Lipinski definition) is 2. The quantitative estimate of drug-likeness (QED) is 0.850. The van der Waals surface area contributed by atoms with Crippen molar-refractivity contribution in [2.45, 2.75) is 13.8 Å². The first kappa shape index (κ1) is 16.6. The second-order valence-electron chi connectivity index (χ2n) is 4.91. The van der Waals surface area contributed by atoms with Gasteiger partial charge in [0.05, 0.1) is 5.56 Å². The number of halogens is 1. The van der Waals surface area contributed by atoms with E-state index in [1.54, 1.807) is 18.2 Å². The Morgan fingerprint density at radius 2 is 1.65 bits per heavy atom. The van der Waals surface area contributed by atoms with Crippen LogP contribution < -0.4 is 10.6 Å². The Hall–Kier alpha value is -2.80. The minimum atomic E-state index is -0.281. The molecule has 0 saturated carbocycles. The van der Waals surface area contributed by atoms with Gasteiger partial charge in [-0.1, -0.05) is 11.8 Å². The SMILES string of the molecule is CCNC(=O)c1ccc(C#Cc2ccc(F)cc2)cc1NCC. The lowest BCUT2D eigenvalue weighted by Crippen LogP contribution is -2.23. The fourth-order valence-electron chi connectivity index (χ4n) is 2.09. The fraction of sp³-hybridized carbons (Fsp3) is 0.211. The fourth-order valence-corrected chi connectivity index (χ4v) is 2.09. The molecule has 0 aliphatic carbocycles. The number of amides is 1. The summed E-state index contributed by atoms with van der Waals surface area (Å²) in [5.74, 6) is 5.63. The van der Waals surface area contributed by atoms with Crippen LogP contribution in [0.15, 0.2) is 42.5 Å². The van der Waals surface area contributed by atoms with Crippen LogP contribution in [0.3, 0.4) is 0 Å². The van der Waals surface area contributed by atoms with Crippen LogP contribution in [0, 0.1) is 17.7 Å². The number of rotatable bonds is 4. The molecule has 2 aromatic rings. The highest BCUT2D eigenvalue weighted by Gasteiger charge is 2.10. The molecule has 0 fully saturated rings. The van der Waals surface area contributed by atoms with Crippen LogP contribution in [0.5, 0.6) is 0 Å². The molecule has 4 heteroatoms. The van der Waals surface area contributed by atoms with Crippen LogP contribution in [-0.4, -0.2) is 19.0 Å². The molecule has 0 heterocycles. The summed E-state index contributed by atoms with van der Waals surface area (Å²) in [6.07, 6.45) is 0. The molecule has 118 valence electrons. The highest BCUT2D eigenvalue weighted by molar-refractivity contribution is 5.99. The average Bonchev–Trinajstić information content (AvgIpc) is 2.55. The molecule has 1 amide bonds. The topological polar surface area (TPSA) is 41.1 Å². The molecule has 0 saturated heterocycles. The monoisotopic (exact) mass is 310 g/mol. The number of carbonyl (C=O) groups is 1. The Morgan fingerprint density at radius 3 is 2.30 bits per heavy atom. The molecule has 0 atom stereocenters. The molecule has 0 aliphatic heterocycles. The van der Waals surface area contributed by atoms with Gasteiger partial charge in [0.25, 0.3) is 5.91 Å². The first-order valence-electron chi connectivity index (χ1n) is 7.57. The second kappa shape index (κ2) is 8.00. The lowest BCUT2D eigenvalue weighted by molar-refractivity contribution is 0.0956. The van der Waals surface area contributed by atoms with Crippen LogP contribution in [0.25, 0.3) is 0 Å². The molecule has 2 aromatic carbocycles. The number of benzene rings is 2. The molecule has 23 heavy (non-hydrogen) atoms. The van der Waals surface area contributed by atoms with Gasteiger partial charge in [0.15, 0.2) is 0 Å². The first-order chi connectivity index (χ1) is 11.1. The van der Waals surface area contributed by atoms with Gasteiger partial charge in [-0.3, -0.25) is 4.79 Å². The van der Waals surface area contributed by atoms with Gasteiger partial charge in [0, 0.05) is 29.9 Å². The van der Waals surface area contributed by atoms with Gasteiger partial charge in [-0.05, 0) is 56.3 Å². The van der Waals surface area contributed by atoms with E-state index >= 15 is 0 Å². The highest BCUT2D eigenvalue weighted by Crippen LogP contribution is 2.17. The van der Waals surface area contributed by atoms with Gasteiger partial charge in [-0.2, -0.15) is 0 Å². The molecule has 0 unspecified atom stereocenters. The standard InChI is InChI=1S/C19H19FN2O/c1-3-21-18-13-15(9-12-17(18)19(23)22-4-2)6-5-14-7-10-16(20)11-8-14/h7-13,21H,3-4H2,1-2H3,(H,22,23). The van der Waals surface area contributed by atoms with Crippen LogP contribution in [0.4, 0.5) is 10.1 Å². The van der Waals surface area contributed by atoms with E-state index in [2.05, 4.69) is 22.5 Å². The molecule has 0 spiro atoms. The van der Waals surface area contributed by atoms with Gasteiger partial charge < -0.3 is 10.6 Å². The van der Waals surface area contributed by atoms with E-state index in [0.717, 1.165) is 16.8 Å². The number of anilines is 1. The molecule has 0 aliphatic rings. The maximum absolute atomic E-state index is 12.9. The zero-order valence-electron chi connectivity index (χ0n) is 13.2. The van der Waals surface area contributed by atoms with Crippen LogP contribution in [0.2, 0.25) is 0 Å². The van der Waals surface area contributed by atoms with Gasteiger partial charge in [-0.25, -0.2) is 4.39 Å². The summed E-state index contributed by atoms with van der Waals surface area (Å²) in [7, 11) is 0. The summed E-state index contributed by atoms with van der Waals surface area (Å²) in [6.45, 7) is 5.14. The molecular weight excluding hydrogens is 291 g/mol. The van der Waals surface area contributed by atoms with Gasteiger partial charge in [-0.15, -0.1) is 0 Å². The van der Waals surface area contributed by atoms with Crippen molar-refractivity contribution < 1.29 is 9.18 Å². The smallest absolute Gasteiger partial charge is 0.253 e. The Bertz CT molecular complexity index is 742. The predicted molar refractivity (Wildman–Crippen MR) is 91.0 cm³/mol. The van der Waals surface area contributed by atoms with Gasteiger partial charge >= 0.3 is 0 Å². The Morgan fingerprint density at radius 1 is 1.00 bits per heavy atom. The maximum atomic E-state index is 12.9. The number of nitrogens with one attached hydrogen (secondary N) is 2. The van der Waals surface area contributed by atoms with Crippen LogP contribution in [0.1, 0.15) is 35.3 Å². The molecule has 0 bridgehead atoms. The Kier molecular flexibility index (Phi) is 5.76. The van der Waals surface area contributed by atoms with Crippen molar-refractivity contribution in [1.29, 1.82) is 0 Å². The normalized spacial score (nSPS) is 9.70. The minimum Gasteiger partial charge on any atom is -0.385 e. The molecule has 3 nitrogen and oxygen atoms in total. The maximum Gasteiger partial charge on any atom is 0.253 e. The number of carbonyl (C=O) groups excluding carboxylic acids is 1. The minimum absolute atomic E-state index is 0.110. The predicted octanol–water partition coefficient (Wildman–Crippen LogP) is 3.41. The van der Waals surface area contributed by atoms with Crippen LogP contribution in [-0.2, 0) is 0 Å². The van der Waals surface area contributed by atoms with Crippen molar-refractivity contribution in [3.8, 4) is 11.8 Å². The lowest BCUT2D eigenvalue weighted by Gasteiger charge is -2.11. The van der Waals surface area contributed by atoms with E-state index in [1.807, 2.05) is 26.0 Å². The van der Waals surface area contributed by atoms with E-state index in [0.29, 0.717) is 18.7 Å². The van der Waals surface area contributed by atoms with Gasteiger partial charge in [0.2, 0.25) is 0 Å². The zero-order chi connectivity index (χ0) is 16.7. The Balaban J connectivity index is 2.29. The Labute approximate surface area is 135 Å². The summed E-state index contributed by atoms with van der Waals surface area (Å²) < 4.78 is 12.9. The summed E-state index contributed by atoms with van der Waals surface area (Å²) in [4.78, 5) is 12.0. The van der Waals surface area contributed by atoms with Crippen LogP contribution >= 0.6 is 0 Å². The first-order valence-corrected chi connectivity index (χ1v) is 7.57. The summed E-state index contributed by atoms with van der Waals surface area (Å²) in [6, 6.07) is 11.5. The molecular formula is C19H19FN2O. The van der Waals surface area contributed by atoms with Crippen molar-refractivity contribution in [3.05, 3.63) is 65.0 Å². The largest absolute Gasteiger partial charge is 0.385 e. The average molecular weight is 310 g/mol. The van der Waals surface area contributed by atoms with E-state index in [9.17, 15) is 9.18 Å². The van der Waals surface area contributed by atoms with Gasteiger partial charge in [0.1, 0.15) is 5.82 Å². The zero-order valence-corrected chi connectivity index (χ0v) is 13.2. The van der Waals surface area contributed by atoms with E-state index < -0.39 is 0 Å². The van der Waals surface area contributed by atoms with E-state index in [1.165, 1.54) is 12.1 Å².